The molecule has 2 amide bonds. The number of carbonyl (C=O) groups excluding carboxylic acids is 2. The fourth-order valence-electron chi connectivity index (χ4n) is 2.08. The van der Waals surface area contributed by atoms with Gasteiger partial charge >= 0.3 is 12.0 Å². The summed E-state index contributed by atoms with van der Waals surface area (Å²) in [6, 6.07) is 4.90. The molecule has 0 radical (unpaired) electrons. The Morgan fingerprint density at radius 1 is 1.41 bits per heavy atom. The van der Waals surface area contributed by atoms with Gasteiger partial charge in [-0.1, -0.05) is 29.3 Å². The first-order chi connectivity index (χ1) is 10.5. The summed E-state index contributed by atoms with van der Waals surface area (Å²) < 4.78 is 10.1. The van der Waals surface area contributed by atoms with Crippen LogP contribution in [0.4, 0.5) is 4.79 Å². The van der Waals surface area contributed by atoms with E-state index in [-0.39, 0.29) is 18.7 Å². The topological polar surface area (TPSA) is 67.9 Å². The maximum atomic E-state index is 12.0. The number of ether oxygens (including phenoxy) is 2. The highest BCUT2D eigenvalue weighted by Crippen LogP contribution is 2.29. The molecule has 1 fully saturated rings. The summed E-state index contributed by atoms with van der Waals surface area (Å²) in [7, 11) is 1.27. The Labute approximate surface area is 138 Å². The molecule has 2 rings (SSSR count). The van der Waals surface area contributed by atoms with Crippen LogP contribution in [-0.2, 0) is 14.3 Å². The summed E-state index contributed by atoms with van der Waals surface area (Å²) in [6.07, 6.45) is -0.285. The van der Waals surface area contributed by atoms with E-state index in [4.69, 9.17) is 27.9 Å². The lowest BCUT2D eigenvalue weighted by molar-refractivity contribution is -0.139. The van der Waals surface area contributed by atoms with E-state index in [1.165, 1.54) is 7.11 Å². The minimum absolute atomic E-state index is 0.163. The minimum atomic E-state index is -0.498. The number of benzene rings is 1. The third-order valence-electron chi connectivity index (χ3n) is 3.28. The van der Waals surface area contributed by atoms with Gasteiger partial charge in [-0.15, -0.1) is 0 Å². The zero-order valence-electron chi connectivity index (χ0n) is 12.0. The number of halogens is 2. The van der Waals surface area contributed by atoms with Crippen LogP contribution < -0.4 is 5.32 Å². The second-order valence-corrected chi connectivity index (χ2v) is 5.53. The Kier molecular flexibility index (Phi) is 5.88. The summed E-state index contributed by atoms with van der Waals surface area (Å²) in [4.78, 5) is 24.7. The predicted octanol–water partition coefficient (Wildman–Crippen LogP) is 2.25. The van der Waals surface area contributed by atoms with E-state index in [0.29, 0.717) is 29.7 Å². The van der Waals surface area contributed by atoms with Gasteiger partial charge in [0.2, 0.25) is 0 Å². The highest BCUT2D eigenvalue weighted by Gasteiger charge is 2.26. The Hall–Kier alpha value is -1.50. The normalized spacial score (nSPS) is 18.0. The molecule has 1 aromatic carbocycles. The molecule has 0 saturated carbocycles. The Bertz CT molecular complexity index is 568. The zero-order valence-corrected chi connectivity index (χ0v) is 13.5. The van der Waals surface area contributed by atoms with Gasteiger partial charge in [0.05, 0.1) is 30.3 Å². The van der Waals surface area contributed by atoms with E-state index in [1.807, 2.05) is 6.07 Å². The van der Waals surface area contributed by atoms with E-state index in [0.717, 1.165) is 5.56 Å². The molecular formula is C14H16Cl2N2O4. The molecule has 1 aliphatic rings. The van der Waals surface area contributed by atoms with E-state index >= 15 is 0 Å². The van der Waals surface area contributed by atoms with Crippen LogP contribution >= 0.6 is 23.2 Å². The van der Waals surface area contributed by atoms with Gasteiger partial charge in [-0.25, -0.2) is 4.79 Å². The molecule has 1 atom stereocenters. The molecule has 6 nitrogen and oxygen atoms in total. The fourth-order valence-corrected chi connectivity index (χ4v) is 2.39. The van der Waals surface area contributed by atoms with Gasteiger partial charge in [0.25, 0.3) is 0 Å². The molecule has 1 aromatic rings. The van der Waals surface area contributed by atoms with Gasteiger partial charge in [-0.05, 0) is 17.7 Å². The standard InChI is InChI=1S/C14H16Cl2N2O4/c1-21-13(19)7-17-14(20)18-4-5-22-12(8-18)9-2-3-10(15)11(16)6-9/h2-3,6,12H,4-5,7-8H2,1H3,(H,17,20)/t12-/m0/s1. The maximum Gasteiger partial charge on any atom is 0.325 e. The van der Waals surface area contributed by atoms with E-state index < -0.39 is 5.97 Å². The van der Waals surface area contributed by atoms with Gasteiger partial charge in [0.15, 0.2) is 0 Å². The number of methoxy groups -OCH3 is 1. The number of rotatable bonds is 3. The lowest BCUT2D eigenvalue weighted by Crippen LogP contribution is -2.48. The Balaban J connectivity index is 1.97. The van der Waals surface area contributed by atoms with Crippen LogP contribution in [0, 0.1) is 0 Å². The van der Waals surface area contributed by atoms with Gasteiger partial charge in [0.1, 0.15) is 12.6 Å². The molecule has 22 heavy (non-hydrogen) atoms. The number of hydrogen-bond donors (Lipinski definition) is 1. The van der Waals surface area contributed by atoms with Crippen LogP contribution in [0.15, 0.2) is 18.2 Å². The largest absolute Gasteiger partial charge is 0.468 e. The molecule has 1 N–H and O–H groups in total. The highest BCUT2D eigenvalue weighted by atomic mass is 35.5. The maximum absolute atomic E-state index is 12.0. The summed E-state index contributed by atoms with van der Waals surface area (Å²) in [5.74, 6) is -0.498. The Morgan fingerprint density at radius 2 is 2.18 bits per heavy atom. The molecule has 1 saturated heterocycles. The summed E-state index contributed by atoms with van der Waals surface area (Å²) >= 11 is 11.9. The van der Waals surface area contributed by atoms with Crippen molar-refractivity contribution < 1.29 is 19.1 Å². The third-order valence-corrected chi connectivity index (χ3v) is 4.02. The minimum Gasteiger partial charge on any atom is -0.468 e. The summed E-state index contributed by atoms with van der Waals surface area (Å²) in [5, 5.41) is 3.41. The molecular weight excluding hydrogens is 331 g/mol. The van der Waals surface area contributed by atoms with Crippen LogP contribution in [0.5, 0.6) is 0 Å². The van der Waals surface area contributed by atoms with Crippen molar-refractivity contribution >= 4 is 35.2 Å². The number of nitrogens with zero attached hydrogens (tertiary/aromatic N) is 1. The van der Waals surface area contributed by atoms with Crippen molar-refractivity contribution in [1.29, 1.82) is 0 Å². The van der Waals surface area contributed by atoms with Crippen LogP contribution in [0.1, 0.15) is 11.7 Å². The van der Waals surface area contributed by atoms with Crippen molar-refractivity contribution in [3.8, 4) is 0 Å². The monoisotopic (exact) mass is 346 g/mol. The number of urea groups is 1. The number of hydrogen-bond acceptors (Lipinski definition) is 4. The third kappa shape index (κ3) is 4.25. The number of carbonyl (C=O) groups is 2. The van der Waals surface area contributed by atoms with Crippen molar-refractivity contribution in [3.05, 3.63) is 33.8 Å². The molecule has 120 valence electrons. The lowest BCUT2D eigenvalue weighted by Gasteiger charge is -2.33. The van der Waals surface area contributed by atoms with Gasteiger partial charge in [-0.3, -0.25) is 4.79 Å². The first-order valence-electron chi connectivity index (χ1n) is 6.67. The molecule has 0 bridgehead atoms. The highest BCUT2D eigenvalue weighted by molar-refractivity contribution is 6.42. The summed E-state index contributed by atoms with van der Waals surface area (Å²) in [6.45, 7) is 1.05. The van der Waals surface area contributed by atoms with E-state index in [9.17, 15) is 9.59 Å². The number of esters is 1. The van der Waals surface area contributed by atoms with Crippen LogP contribution in [-0.4, -0.2) is 50.3 Å². The van der Waals surface area contributed by atoms with Crippen molar-refractivity contribution in [2.24, 2.45) is 0 Å². The first kappa shape index (κ1) is 16.9. The van der Waals surface area contributed by atoms with Gasteiger partial charge in [0, 0.05) is 6.54 Å². The molecule has 8 heteroatoms. The van der Waals surface area contributed by atoms with Crippen molar-refractivity contribution in [3.63, 3.8) is 0 Å². The van der Waals surface area contributed by atoms with Crippen molar-refractivity contribution in [2.45, 2.75) is 6.10 Å². The van der Waals surface area contributed by atoms with E-state index in [2.05, 4.69) is 10.1 Å². The van der Waals surface area contributed by atoms with Crippen LogP contribution in [0.25, 0.3) is 0 Å². The first-order valence-corrected chi connectivity index (χ1v) is 7.43. The molecule has 0 unspecified atom stereocenters. The van der Waals surface area contributed by atoms with E-state index in [1.54, 1.807) is 17.0 Å². The van der Waals surface area contributed by atoms with Gasteiger partial charge in [-0.2, -0.15) is 0 Å². The van der Waals surface area contributed by atoms with Gasteiger partial charge < -0.3 is 19.7 Å². The average molecular weight is 347 g/mol. The van der Waals surface area contributed by atoms with Crippen LogP contribution in [0.3, 0.4) is 0 Å². The SMILES string of the molecule is COC(=O)CNC(=O)N1CCO[C@H](c2ccc(Cl)c(Cl)c2)C1. The fraction of sp³-hybridized carbons (Fsp3) is 0.429. The number of amides is 2. The Morgan fingerprint density at radius 3 is 2.86 bits per heavy atom. The molecule has 0 aliphatic carbocycles. The van der Waals surface area contributed by atoms with Crippen LogP contribution in [0.2, 0.25) is 10.0 Å². The smallest absolute Gasteiger partial charge is 0.325 e. The number of morpholine rings is 1. The van der Waals surface area contributed by atoms with Crippen molar-refractivity contribution in [1.82, 2.24) is 10.2 Å². The molecule has 0 spiro atoms. The summed E-state index contributed by atoms with van der Waals surface area (Å²) in [5.41, 5.74) is 0.847. The zero-order chi connectivity index (χ0) is 16.1. The molecule has 0 aromatic heterocycles. The predicted molar refractivity (Wildman–Crippen MR) is 82.1 cm³/mol. The average Bonchev–Trinajstić information content (AvgIpc) is 2.54. The second kappa shape index (κ2) is 7.67. The lowest BCUT2D eigenvalue weighted by atomic mass is 10.1. The van der Waals surface area contributed by atoms with Crippen molar-refractivity contribution in [2.75, 3.05) is 33.4 Å². The molecule has 1 aliphatic heterocycles. The second-order valence-electron chi connectivity index (χ2n) is 4.71. The number of nitrogens with one attached hydrogen (secondary N) is 1. The quantitative estimate of drug-likeness (QED) is 0.852. The molecule has 1 heterocycles.